The minimum Gasteiger partial charge on any atom is -0.350 e. The number of hydrogen-bond donors (Lipinski definition) is 1. The molecule has 1 saturated carbocycles. The van der Waals surface area contributed by atoms with Gasteiger partial charge >= 0.3 is 0 Å². The number of carbonyl (C=O) groups is 1. The summed E-state index contributed by atoms with van der Waals surface area (Å²) in [6.45, 7) is 1.98. The lowest BCUT2D eigenvalue weighted by Crippen LogP contribution is -2.34. The Balaban J connectivity index is 0.00000225. The minimum absolute atomic E-state index is 0. The Morgan fingerprint density at radius 1 is 1.40 bits per heavy atom. The molecule has 1 aromatic carbocycles. The van der Waals surface area contributed by atoms with E-state index in [2.05, 4.69) is 10.2 Å². The van der Waals surface area contributed by atoms with Gasteiger partial charge in [-0.25, -0.2) is 0 Å². The lowest BCUT2D eigenvalue weighted by atomic mass is 10.2. The molecular formula is C18H25Cl2N3OS. The van der Waals surface area contributed by atoms with Crippen LogP contribution < -0.4 is 5.32 Å². The van der Waals surface area contributed by atoms with Crippen LogP contribution in [0.5, 0.6) is 0 Å². The number of carbonyl (C=O) groups excluding carboxylic acids is 1. The van der Waals surface area contributed by atoms with E-state index in [9.17, 15) is 4.79 Å². The Morgan fingerprint density at radius 3 is 2.80 bits per heavy atom. The number of rotatable bonds is 4. The molecule has 0 bridgehead atoms. The van der Waals surface area contributed by atoms with Gasteiger partial charge in [0.25, 0.3) is 0 Å². The first-order chi connectivity index (χ1) is 11.5. The van der Waals surface area contributed by atoms with Crippen LogP contribution in [-0.4, -0.2) is 40.9 Å². The molecule has 0 spiro atoms. The highest BCUT2D eigenvalue weighted by Gasteiger charge is 2.30. The topological polar surface area (TPSA) is 44.7 Å². The fourth-order valence-corrected chi connectivity index (χ4v) is 4.73. The molecule has 2 fully saturated rings. The standard InChI is InChI=1S/C18H24ClN3OS.ClH/c1-12-7-8-16(15(19)9-12)21-17(23)10-14-11-24-18(22(14)2)20-13-5-3-4-6-13;/h7-9,13-14H,3-6,10-11H2,1-2H3,(H,21,23);1H. The molecule has 1 heterocycles. The molecule has 25 heavy (non-hydrogen) atoms. The van der Waals surface area contributed by atoms with Crippen molar-refractivity contribution >= 4 is 52.5 Å². The van der Waals surface area contributed by atoms with Crippen molar-refractivity contribution in [2.75, 3.05) is 18.1 Å². The first-order valence-electron chi connectivity index (χ1n) is 8.52. The van der Waals surface area contributed by atoms with Gasteiger partial charge in [-0.2, -0.15) is 0 Å². The molecule has 1 amide bonds. The van der Waals surface area contributed by atoms with Crippen LogP contribution in [0.15, 0.2) is 23.2 Å². The van der Waals surface area contributed by atoms with E-state index in [0.717, 1.165) is 16.5 Å². The van der Waals surface area contributed by atoms with Gasteiger partial charge in [-0.05, 0) is 37.5 Å². The summed E-state index contributed by atoms with van der Waals surface area (Å²) in [6.07, 6.45) is 5.44. The van der Waals surface area contributed by atoms with E-state index in [-0.39, 0.29) is 24.4 Å². The molecule has 1 atom stereocenters. The first-order valence-corrected chi connectivity index (χ1v) is 9.88. The molecule has 4 nitrogen and oxygen atoms in total. The predicted molar refractivity (Wildman–Crippen MR) is 110 cm³/mol. The second kappa shape index (κ2) is 9.15. The fraction of sp³-hybridized carbons (Fsp3) is 0.556. The van der Waals surface area contributed by atoms with Gasteiger partial charge in [0.1, 0.15) is 0 Å². The van der Waals surface area contributed by atoms with Crippen LogP contribution in [0.25, 0.3) is 0 Å². The Hall–Kier alpha value is -0.910. The van der Waals surface area contributed by atoms with E-state index in [1.54, 1.807) is 11.8 Å². The first kappa shape index (κ1) is 20.4. The fourth-order valence-electron chi connectivity index (χ4n) is 3.19. The van der Waals surface area contributed by atoms with Crippen LogP contribution in [0.1, 0.15) is 37.7 Å². The maximum Gasteiger partial charge on any atom is 0.226 e. The molecule has 1 saturated heterocycles. The van der Waals surface area contributed by atoms with Crippen molar-refractivity contribution in [2.24, 2.45) is 4.99 Å². The number of halogens is 2. The van der Waals surface area contributed by atoms with E-state index in [4.69, 9.17) is 16.6 Å². The van der Waals surface area contributed by atoms with Crippen LogP contribution in [0.3, 0.4) is 0 Å². The lowest BCUT2D eigenvalue weighted by Gasteiger charge is -2.21. The number of anilines is 1. The molecular weight excluding hydrogens is 377 g/mol. The highest BCUT2D eigenvalue weighted by atomic mass is 35.5. The highest BCUT2D eigenvalue weighted by molar-refractivity contribution is 8.14. The summed E-state index contributed by atoms with van der Waals surface area (Å²) in [4.78, 5) is 19.4. The van der Waals surface area contributed by atoms with Gasteiger partial charge in [-0.3, -0.25) is 9.79 Å². The zero-order chi connectivity index (χ0) is 17.1. The second-order valence-electron chi connectivity index (χ2n) is 6.66. The summed E-state index contributed by atoms with van der Waals surface area (Å²) >= 11 is 7.96. The van der Waals surface area contributed by atoms with Crippen molar-refractivity contribution in [3.05, 3.63) is 28.8 Å². The molecule has 3 rings (SSSR count). The van der Waals surface area contributed by atoms with E-state index in [1.165, 1.54) is 25.7 Å². The van der Waals surface area contributed by atoms with Gasteiger partial charge in [0.2, 0.25) is 5.91 Å². The normalized spacial score (nSPS) is 22.3. The van der Waals surface area contributed by atoms with Crippen molar-refractivity contribution in [1.29, 1.82) is 0 Å². The Bertz CT molecular complexity index is 647. The summed E-state index contributed by atoms with van der Waals surface area (Å²) in [5.74, 6) is 0.914. The van der Waals surface area contributed by atoms with Gasteiger partial charge in [0.05, 0.1) is 16.8 Å². The Kier molecular flexibility index (Phi) is 7.47. The SMILES string of the molecule is Cc1ccc(NC(=O)CC2CSC(=NC3CCCC3)N2C)c(Cl)c1.Cl. The predicted octanol–water partition coefficient (Wildman–Crippen LogP) is 4.74. The molecule has 1 unspecified atom stereocenters. The number of nitrogens with zero attached hydrogens (tertiary/aromatic N) is 2. The molecule has 0 radical (unpaired) electrons. The van der Waals surface area contributed by atoms with Crippen molar-refractivity contribution in [3.63, 3.8) is 0 Å². The van der Waals surface area contributed by atoms with E-state index < -0.39 is 0 Å². The number of amidine groups is 1. The number of benzene rings is 1. The maximum atomic E-state index is 12.4. The summed E-state index contributed by atoms with van der Waals surface area (Å²) in [5, 5.41) is 4.60. The Morgan fingerprint density at radius 2 is 2.12 bits per heavy atom. The molecule has 138 valence electrons. The van der Waals surface area contributed by atoms with E-state index in [1.807, 2.05) is 32.2 Å². The zero-order valence-electron chi connectivity index (χ0n) is 14.6. The van der Waals surface area contributed by atoms with Crippen LogP contribution in [0.2, 0.25) is 5.02 Å². The van der Waals surface area contributed by atoms with Gasteiger partial charge in [0.15, 0.2) is 5.17 Å². The molecule has 1 aromatic rings. The van der Waals surface area contributed by atoms with Crippen molar-refractivity contribution in [3.8, 4) is 0 Å². The monoisotopic (exact) mass is 401 g/mol. The molecule has 7 heteroatoms. The third-order valence-corrected chi connectivity index (χ3v) is 6.21. The number of aliphatic imine (C=N–C) groups is 1. The smallest absolute Gasteiger partial charge is 0.226 e. The van der Waals surface area contributed by atoms with E-state index in [0.29, 0.717) is 23.2 Å². The van der Waals surface area contributed by atoms with Crippen LogP contribution in [0, 0.1) is 6.92 Å². The van der Waals surface area contributed by atoms with Crippen molar-refractivity contribution < 1.29 is 4.79 Å². The van der Waals surface area contributed by atoms with Gasteiger partial charge in [0, 0.05) is 25.3 Å². The second-order valence-corrected chi connectivity index (χ2v) is 8.06. The molecule has 1 aliphatic carbocycles. The largest absolute Gasteiger partial charge is 0.350 e. The van der Waals surface area contributed by atoms with Gasteiger partial charge in [-0.1, -0.05) is 42.3 Å². The average Bonchev–Trinajstić information content (AvgIpc) is 3.16. The van der Waals surface area contributed by atoms with E-state index >= 15 is 0 Å². The summed E-state index contributed by atoms with van der Waals surface area (Å²) in [5.41, 5.74) is 1.76. The molecule has 0 aromatic heterocycles. The van der Waals surface area contributed by atoms with Crippen molar-refractivity contribution in [2.45, 2.75) is 51.1 Å². The molecule has 1 aliphatic heterocycles. The zero-order valence-corrected chi connectivity index (χ0v) is 17.0. The van der Waals surface area contributed by atoms with Crippen LogP contribution in [-0.2, 0) is 4.79 Å². The van der Waals surface area contributed by atoms with Crippen LogP contribution in [0.4, 0.5) is 5.69 Å². The average molecular weight is 402 g/mol. The van der Waals surface area contributed by atoms with Crippen LogP contribution >= 0.6 is 35.8 Å². The maximum absolute atomic E-state index is 12.4. The highest BCUT2D eigenvalue weighted by Crippen LogP contribution is 2.29. The quantitative estimate of drug-likeness (QED) is 0.791. The number of aryl methyl sites for hydroxylation is 1. The summed E-state index contributed by atoms with van der Waals surface area (Å²) < 4.78 is 0. The number of nitrogens with one attached hydrogen (secondary N) is 1. The minimum atomic E-state index is 0. The van der Waals surface area contributed by atoms with Gasteiger partial charge < -0.3 is 10.2 Å². The third kappa shape index (κ3) is 5.28. The van der Waals surface area contributed by atoms with Gasteiger partial charge in [-0.15, -0.1) is 12.4 Å². The summed E-state index contributed by atoms with van der Waals surface area (Å²) in [7, 11) is 2.05. The molecule has 2 aliphatic rings. The Labute approximate surface area is 165 Å². The van der Waals surface area contributed by atoms with Crippen molar-refractivity contribution in [1.82, 2.24) is 4.90 Å². The molecule has 1 N–H and O–H groups in total. The summed E-state index contributed by atoms with van der Waals surface area (Å²) in [6, 6.07) is 6.34. The number of amides is 1. The lowest BCUT2D eigenvalue weighted by molar-refractivity contribution is -0.116. The third-order valence-electron chi connectivity index (χ3n) is 4.69. The number of hydrogen-bond acceptors (Lipinski definition) is 3. The number of thioether (sulfide) groups is 1.